The van der Waals surface area contributed by atoms with Gasteiger partial charge in [-0.3, -0.25) is 0 Å². The lowest BCUT2D eigenvalue weighted by molar-refractivity contribution is 1.24. The van der Waals surface area contributed by atoms with E-state index >= 15 is 0 Å². The van der Waals surface area contributed by atoms with Crippen LogP contribution in [0.5, 0.6) is 0 Å². The molecule has 0 saturated heterocycles. The van der Waals surface area contributed by atoms with Crippen LogP contribution in [0.2, 0.25) is 0 Å². The van der Waals surface area contributed by atoms with Crippen LogP contribution in [-0.2, 0) is 0 Å². The van der Waals surface area contributed by atoms with Gasteiger partial charge in [0.25, 0.3) is 0 Å². The van der Waals surface area contributed by atoms with Crippen molar-refractivity contribution in [2.45, 2.75) is 6.92 Å². The zero-order valence-electron chi connectivity index (χ0n) is 13.7. The second-order valence-electron chi connectivity index (χ2n) is 6.34. The number of hydrogen-bond donors (Lipinski definition) is 0. The number of hydrogen-bond acceptors (Lipinski definition) is 1. The highest BCUT2D eigenvalue weighted by molar-refractivity contribution is 9.10. The van der Waals surface area contributed by atoms with Crippen molar-refractivity contribution in [1.82, 2.24) is 9.38 Å². The first-order chi connectivity index (χ1) is 12.2. The van der Waals surface area contributed by atoms with Crippen molar-refractivity contribution < 1.29 is 0 Å². The van der Waals surface area contributed by atoms with Crippen LogP contribution in [0.25, 0.3) is 38.6 Å². The molecule has 3 heteroatoms. The lowest BCUT2D eigenvalue weighted by Crippen LogP contribution is -1.93. The average Bonchev–Trinajstić information content (AvgIpc) is 3.01. The highest BCUT2D eigenvalue weighted by Crippen LogP contribution is 2.36. The second kappa shape index (κ2) is 5.43. The van der Waals surface area contributed by atoms with Crippen LogP contribution < -0.4 is 0 Å². The SMILES string of the molecule is Cc1cccc2nc(-c3ccc(Br)cc3)c3c(cc4ccccn43)c12. The number of fused-ring (bicyclic) bond motifs is 5. The topological polar surface area (TPSA) is 17.3 Å². The maximum Gasteiger partial charge on any atom is 0.0956 e. The summed E-state index contributed by atoms with van der Waals surface area (Å²) in [4.78, 5) is 5.05. The Morgan fingerprint density at radius 1 is 0.920 bits per heavy atom. The van der Waals surface area contributed by atoms with Gasteiger partial charge < -0.3 is 4.40 Å². The first-order valence-electron chi connectivity index (χ1n) is 8.27. The van der Waals surface area contributed by atoms with E-state index in [-0.39, 0.29) is 0 Å². The number of halogens is 1. The summed E-state index contributed by atoms with van der Waals surface area (Å²) in [6.45, 7) is 2.16. The molecule has 0 aliphatic rings. The van der Waals surface area contributed by atoms with E-state index in [1.54, 1.807) is 0 Å². The molecule has 2 aromatic carbocycles. The van der Waals surface area contributed by atoms with E-state index in [1.165, 1.54) is 27.4 Å². The molecule has 0 bridgehead atoms. The minimum absolute atomic E-state index is 1.02. The zero-order chi connectivity index (χ0) is 17.0. The van der Waals surface area contributed by atoms with Gasteiger partial charge in [0.2, 0.25) is 0 Å². The molecule has 0 aliphatic carbocycles. The molecule has 25 heavy (non-hydrogen) atoms. The summed E-state index contributed by atoms with van der Waals surface area (Å²) >= 11 is 3.52. The van der Waals surface area contributed by atoms with Crippen LogP contribution in [0.4, 0.5) is 0 Å². The minimum atomic E-state index is 1.02. The molecule has 5 aromatic rings. The van der Waals surface area contributed by atoms with Crippen molar-refractivity contribution >= 4 is 43.3 Å². The third kappa shape index (κ3) is 2.19. The molecule has 5 rings (SSSR count). The number of pyridine rings is 2. The quantitative estimate of drug-likeness (QED) is 0.326. The first kappa shape index (κ1) is 14.7. The van der Waals surface area contributed by atoms with Gasteiger partial charge >= 0.3 is 0 Å². The van der Waals surface area contributed by atoms with Crippen LogP contribution in [0, 0.1) is 6.92 Å². The molecular weight excluding hydrogens is 372 g/mol. The molecule has 120 valence electrons. The Balaban J connectivity index is 2.03. The van der Waals surface area contributed by atoms with E-state index in [0.717, 1.165) is 21.2 Å². The van der Waals surface area contributed by atoms with E-state index < -0.39 is 0 Å². The first-order valence-corrected chi connectivity index (χ1v) is 9.07. The highest BCUT2D eigenvalue weighted by atomic mass is 79.9. The summed E-state index contributed by atoms with van der Waals surface area (Å²) < 4.78 is 3.31. The molecule has 3 heterocycles. The molecule has 0 unspecified atom stereocenters. The third-order valence-corrected chi connectivity index (χ3v) is 5.30. The van der Waals surface area contributed by atoms with Crippen molar-refractivity contribution in [1.29, 1.82) is 0 Å². The van der Waals surface area contributed by atoms with Gasteiger partial charge in [0.15, 0.2) is 0 Å². The van der Waals surface area contributed by atoms with Crippen LogP contribution in [0.1, 0.15) is 5.56 Å². The van der Waals surface area contributed by atoms with Gasteiger partial charge in [-0.05, 0) is 48.9 Å². The molecule has 0 spiro atoms. The average molecular weight is 387 g/mol. The summed E-state index contributed by atoms with van der Waals surface area (Å²) in [6.07, 6.45) is 2.12. The number of benzene rings is 2. The molecule has 0 atom stereocenters. The normalized spacial score (nSPS) is 11.6. The molecule has 2 nitrogen and oxygen atoms in total. The Hall–Kier alpha value is -2.65. The smallest absolute Gasteiger partial charge is 0.0956 e. The van der Waals surface area contributed by atoms with E-state index in [1.807, 2.05) is 0 Å². The second-order valence-corrected chi connectivity index (χ2v) is 7.25. The van der Waals surface area contributed by atoms with E-state index in [4.69, 9.17) is 4.98 Å². The van der Waals surface area contributed by atoms with Crippen LogP contribution >= 0.6 is 15.9 Å². The van der Waals surface area contributed by atoms with Crippen molar-refractivity contribution in [3.63, 3.8) is 0 Å². The van der Waals surface area contributed by atoms with E-state index in [2.05, 4.69) is 100 Å². The van der Waals surface area contributed by atoms with Gasteiger partial charge in [0.05, 0.1) is 16.7 Å². The summed E-state index contributed by atoms with van der Waals surface area (Å²) in [5, 5.41) is 2.49. The number of aryl methyl sites for hydroxylation is 1. The molecule has 0 N–H and O–H groups in total. The van der Waals surface area contributed by atoms with Gasteiger partial charge in [-0.15, -0.1) is 0 Å². The largest absolute Gasteiger partial charge is 0.315 e. The fourth-order valence-electron chi connectivity index (χ4n) is 3.63. The molecule has 0 aliphatic heterocycles. The molecule has 0 saturated carbocycles. The zero-order valence-corrected chi connectivity index (χ0v) is 15.3. The minimum Gasteiger partial charge on any atom is -0.315 e. The van der Waals surface area contributed by atoms with Crippen LogP contribution in [-0.4, -0.2) is 9.38 Å². The number of nitrogens with zero attached hydrogens (tertiary/aromatic N) is 2. The third-order valence-electron chi connectivity index (χ3n) is 4.77. The summed E-state index contributed by atoms with van der Waals surface area (Å²) in [5.41, 5.74) is 6.80. The number of rotatable bonds is 1. The standard InChI is InChI=1S/C22H15BrN2/c1-14-5-4-7-19-20(14)18-13-17-6-2-3-12-25(17)22(18)21(24-19)15-8-10-16(23)11-9-15/h2-13H,1H3. The molecular formula is C22H15BrN2. The fourth-order valence-corrected chi connectivity index (χ4v) is 3.90. The van der Waals surface area contributed by atoms with Crippen LogP contribution in [0.3, 0.4) is 0 Å². The van der Waals surface area contributed by atoms with E-state index in [9.17, 15) is 0 Å². The van der Waals surface area contributed by atoms with Crippen molar-refractivity contribution in [2.75, 3.05) is 0 Å². The van der Waals surface area contributed by atoms with Crippen molar-refractivity contribution in [3.8, 4) is 11.3 Å². The van der Waals surface area contributed by atoms with Gasteiger partial charge in [0.1, 0.15) is 0 Å². The van der Waals surface area contributed by atoms with Crippen molar-refractivity contribution in [2.24, 2.45) is 0 Å². The highest BCUT2D eigenvalue weighted by Gasteiger charge is 2.15. The Morgan fingerprint density at radius 3 is 2.60 bits per heavy atom. The van der Waals surface area contributed by atoms with Gasteiger partial charge in [-0.2, -0.15) is 0 Å². The Bertz CT molecular complexity index is 1250. The Kier molecular flexibility index (Phi) is 3.19. The monoisotopic (exact) mass is 386 g/mol. The van der Waals surface area contributed by atoms with Gasteiger partial charge in [0, 0.05) is 32.5 Å². The van der Waals surface area contributed by atoms with Crippen LogP contribution in [0.15, 0.2) is 77.4 Å². The maximum absolute atomic E-state index is 5.05. The molecule has 0 radical (unpaired) electrons. The van der Waals surface area contributed by atoms with Gasteiger partial charge in [-0.25, -0.2) is 4.98 Å². The lowest BCUT2D eigenvalue weighted by Gasteiger charge is -2.10. The predicted octanol–water partition coefficient (Wildman–Crippen LogP) is 6.38. The molecule has 0 amide bonds. The Morgan fingerprint density at radius 2 is 1.76 bits per heavy atom. The summed E-state index contributed by atoms with van der Waals surface area (Å²) in [6, 6.07) is 23.3. The molecule has 3 aromatic heterocycles. The van der Waals surface area contributed by atoms with E-state index in [0.29, 0.717) is 0 Å². The molecule has 0 fully saturated rings. The number of aromatic nitrogens is 2. The Labute approximate surface area is 153 Å². The van der Waals surface area contributed by atoms with Gasteiger partial charge in [-0.1, -0.05) is 46.3 Å². The van der Waals surface area contributed by atoms with Crippen molar-refractivity contribution in [3.05, 3.63) is 83.0 Å². The summed E-state index contributed by atoms with van der Waals surface area (Å²) in [5.74, 6) is 0. The fraction of sp³-hybridized carbons (Fsp3) is 0.0455. The predicted molar refractivity (Wildman–Crippen MR) is 108 cm³/mol. The maximum atomic E-state index is 5.05. The summed E-state index contributed by atoms with van der Waals surface area (Å²) in [7, 11) is 0. The lowest BCUT2D eigenvalue weighted by atomic mass is 10.0.